The molecule has 0 aliphatic rings. The Morgan fingerprint density at radius 3 is 2.56 bits per heavy atom. The van der Waals surface area contributed by atoms with Crippen LogP contribution in [0.2, 0.25) is 0 Å². The molecule has 0 aliphatic carbocycles. The van der Waals surface area contributed by atoms with E-state index in [-0.39, 0.29) is 5.75 Å². The minimum absolute atomic E-state index is 0.278. The summed E-state index contributed by atoms with van der Waals surface area (Å²) in [6, 6.07) is 19.1. The van der Waals surface area contributed by atoms with Crippen molar-refractivity contribution in [2.75, 3.05) is 17.2 Å². The van der Waals surface area contributed by atoms with Crippen LogP contribution in [0.5, 0.6) is 5.75 Å². The van der Waals surface area contributed by atoms with Crippen LogP contribution in [0.4, 0.5) is 17.5 Å². The number of aromatic nitrogens is 3. The van der Waals surface area contributed by atoms with Crippen molar-refractivity contribution in [3.8, 4) is 5.75 Å². The highest BCUT2D eigenvalue weighted by atomic mass is 16.3. The van der Waals surface area contributed by atoms with E-state index < -0.39 is 0 Å². The van der Waals surface area contributed by atoms with Gasteiger partial charge in [-0.25, -0.2) is 15.0 Å². The minimum Gasteiger partial charge on any atom is -0.508 e. The van der Waals surface area contributed by atoms with Crippen LogP contribution in [-0.2, 0) is 6.42 Å². The van der Waals surface area contributed by atoms with Gasteiger partial charge in [0.15, 0.2) is 0 Å². The molecule has 0 aliphatic heterocycles. The molecule has 2 heterocycles. The van der Waals surface area contributed by atoms with Crippen molar-refractivity contribution in [3.05, 3.63) is 78.8 Å². The smallest absolute Gasteiger partial charge is 0.139 e. The zero-order valence-electron chi connectivity index (χ0n) is 14.6. The van der Waals surface area contributed by atoms with Crippen LogP contribution in [0.25, 0.3) is 10.8 Å². The average molecular weight is 357 g/mol. The predicted octanol–water partition coefficient (Wildman–Crippen LogP) is 4.13. The Hall–Kier alpha value is -3.67. The third kappa shape index (κ3) is 4.12. The molecule has 0 spiro atoms. The van der Waals surface area contributed by atoms with E-state index in [0.29, 0.717) is 5.82 Å². The molecular weight excluding hydrogens is 338 g/mol. The summed E-state index contributed by atoms with van der Waals surface area (Å²) < 4.78 is 0. The molecule has 0 fully saturated rings. The quantitative estimate of drug-likeness (QED) is 0.481. The lowest BCUT2D eigenvalue weighted by Crippen LogP contribution is -2.07. The van der Waals surface area contributed by atoms with Crippen LogP contribution in [0.1, 0.15) is 5.56 Å². The van der Waals surface area contributed by atoms with Crippen molar-refractivity contribution in [1.29, 1.82) is 0 Å². The number of phenolic OH excluding ortho intramolecular Hbond substituents is 1. The van der Waals surface area contributed by atoms with E-state index in [4.69, 9.17) is 0 Å². The van der Waals surface area contributed by atoms with E-state index in [2.05, 4.69) is 31.7 Å². The summed E-state index contributed by atoms with van der Waals surface area (Å²) in [5.41, 5.74) is 1.15. The zero-order valence-corrected chi connectivity index (χ0v) is 14.6. The molecule has 0 unspecified atom stereocenters. The van der Waals surface area contributed by atoms with Crippen LogP contribution in [0.15, 0.2) is 73.2 Å². The summed E-state index contributed by atoms with van der Waals surface area (Å²) in [6.45, 7) is 0.730. The summed E-state index contributed by atoms with van der Waals surface area (Å²) in [5.74, 6) is 2.47. The Morgan fingerprint density at radius 2 is 1.67 bits per heavy atom. The van der Waals surface area contributed by atoms with Crippen LogP contribution < -0.4 is 10.6 Å². The predicted molar refractivity (Wildman–Crippen MR) is 107 cm³/mol. The summed E-state index contributed by atoms with van der Waals surface area (Å²) >= 11 is 0. The Balaban J connectivity index is 1.43. The number of pyridine rings is 1. The second-order valence-electron chi connectivity index (χ2n) is 6.14. The molecule has 4 rings (SSSR count). The molecular formula is C21H19N5O. The second-order valence-corrected chi connectivity index (χ2v) is 6.14. The second kappa shape index (κ2) is 7.70. The number of nitrogens with zero attached hydrogens (tertiary/aromatic N) is 3. The fourth-order valence-corrected chi connectivity index (χ4v) is 2.86. The van der Waals surface area contributed by atoms with Crippen molar-refractivity contribution in [1.82, 2.24) is 15.0 Å². The number of anilines is 3. The number of benzene rings is 2. The maximum Gasteiger partial charge on any atom is 0.139 e. The van der Waals surface area contributed by atoms with Crippen molar-refractivity contribution in [3.63, 3.8) is 0 Å². The molecule has 0 saturated heterocycles. The van der Waals surface area contributed by atoms with E-state index in [1.54, 1.807) is 18.3 Å². The third-order valence-corrected chi connectivity index (χ3v) is 4.24. The number of aromatic hydroxyl groups is 1. The normalized spacial score (nSPS) is 10.7. The Kier molecular flexibility index (Phi) is 4.78. The third-order valence-electron chi connectivity index (χ3n) is 4.24. The van der Waals surface area contributed by atoms with E-state index in [0.717, 1.165) is 40.9 Å². The zero-order chi connectivity index (χ0) is 18.5. The molecule has 2 aromatic heterocycles. The molecule has 0 amide bonds. The number of hydrogen-bond donors (Lipinski definition) is 3. The van der Waals surface area contributed by atoms with Gasteiger partial charge >= 0.3 is 0 Å². The van der Waals surface area contributed by atoms with Gasteiger partial charge in [0.2, 0.25) is 0 Å². The highest BCUT2D eigenvalue weighted by Crippen LogP contribution is 2.23. The Labute approximate surface area is 157 Å². The Morgan fingerprint density at radius 1 is 0.852 bits per heavy atom. The molecule has 0 atom stereocenters. The van der Waals surface area contributed by atoms with Crippen LogP contribution in [0, 0.1) is 0 Å². The van der Waals surface area contributed by atoms with Gasteiger partial charge in [-0.15, -0.1) is 0 Å². The summed E-state index contributed by atoms with van der Waals surface area (Å²) in [7, 11) is 0. The molecule has 6 heteroatoms. The number of nitrogens with one attached hydrogen (secondary N) is 2. The van der Waals surface area contributed by atoms with E-state index in [1.165, 1.54) is 6.33 Å². The molecule has 134 valence electrons. The van der Waals surface area contributed by atoms with Gasteiger partial charge in [0.25, 0.3) is 0 Å². The maximum absolute atomic E-state index is 9.33. The van der Waals surface area contributed by atoms with Crippen molar-refractivity contribution >= 4 is 28.2 Å². The van der Waals surface area contributed by atoms with Gasteiger partial charge in [0, 0.05) is 24.2 Å². The largest absolute Gasteiger partial charge is 0.508 e. The highest BCUT2D eigenvalue weighted by molar-refractivity contribution is 5.92. The van der Waals surface area contributed by atoms with E-state index >= 15 is 0 Å². The first-order valence-electron chi connectivity index (χ1n) is 8.72. The van der Waals surface area contributed by atoms with Gasteiger partial charge in [-0.1, -0.05) is 36.4 Å². The number of phenols is 1. The lowest BCUT2D eigenvalue weighted by molar-refractivity contribution is 0.475. The fourth-order valence-electron chi connectivity index (χ4n) is 2.86. The monoisotopic (exact) mass is 357 g/mol. The Bertz CT molecular complexity index is 1040. The molecule has 0 bridgehead atoms. The van der Waals surface area contributed by atoms with Crippen LogP contribution in [-0.4, -0.2) is 26.6 Å². The van der Waals surface area contributed by atoms with E-state index in [9.17, 15) is 5.11 Å². The lowest BCUT2D eigenvalue weighted by Gasteiger charge is -2.10. The van der Waals surface area contributed by atoms with E-state index in [1.807, 2.05) is 42.5 Å². The number of fused-ring (bicyclic) bond motifs is 1. The molecule has 0 radical (unpaired) electrons. The number of rotatable bonds is 6. The van der Waals surface area contributed by atoms with Gasteiger partial charge in [0.05, 0.1) is 0 Å². The van der Waals surface area contributed by atoms with Gasteiger partial charge in [-0.2, -0.15) is 0 Å². The van der Waals surface area contributed by atoms with Crippen molar-refractivity contribution in [2.24, 2.45) is 0 Å². The fraction of sp³-hybridized carbons (Fsp3) is 0.0952. The summed E-state index contributed by atoms with van der Waals surface area (Å²) in [6.07, 6.45) is 4.14. The first-order valence-corrected chi connectivity index (χ1v) is 8.72. The SMILES string of the molecule is Oc1ccc(CCNc2cc(Nc3nccc4ccccc34)ncn2)cc1. The molecule has 3 N–H and O–H groups in total. The van der Waals surface area contributed by atoms with Crippen LogP contribution in [0.3, 0.4) is 0 Å². The lowest BCUT2D eigenvalue weighted by atomic mass is 10.1. The summed E-state index contributed by atoms with van der Waals surface area (Å²) in [4.78, 5) is 13.0. The van der Waals surface area contributed by atoms with Gasteiger partial charge in [-0.05, 0) is 35.6 Å². The van der Waals surface area contributed by atoms with Gasteiger partial charge in [-0.3, -0.25) is 0 Å². The topological polar surface area (TPSA) is 83.0 Å². The highest BCUT2D eigenvalue weighted by Gasteiger charge is 2.04. The average Bonchev–Trinajstić information content (AvgIpc) is 2.70. The van der Waals surface area contributed by atoms with Crippen molar-refractivity contribution in [2.45, 2.75) is 6.42 Å². The van der Waals surface area contributed by atoms with Crippen molar-refractivity contribution < 1.29 is 5.11 Å². The summed E-state index contributed by atoms with van der Waals surface area (Å²) in [5, 5.41) is 18.1. The maximum atomic E-state index is 9.33. The number of hydrogen-bond acceptors (Lipinski definition) is 6. The molecule has 4 aromatic rings. The molecule has 27 heavy (non-hydrogen) atoms. The van der Waals surface area contributed by atoms with Gasteiger partial charge < -0.3 is 15.7 Å². The van der Waals surface area contributed by atoms with Crippen LogP contribution >= 0.6 is 0 Å². The first-order chi connectivity index (χ1) is 13.3. The molecule has 2 aromatic carbocycles. The standard InChI is InChI=1S/C21H19N5O/c27-17-7-5-15(6-8-17)9-11-22-19-13-20(25-14-24-19)26-21-18-4-2-1-3-16(18)10-12-23-21/h1-8,10,12-14,27H,9,11H2,(H2,22,23,24,25,26). The minimum atomic E-state index is 0.278. The molecule has 6 nitrogen and oxygen atoms in total. The first kappa shape index (κ1) is 16.8. The van der Waals surface area contributed by atoms with Gasteiger partial charge in [0.1, 0.15) is 29.5 Å². The molecule has 0 saturated carbocycles.